The molecule has 0 saturated carbocycles. The Hall–Kier alpha value is -2.39. The highest BCUT2D eigenvalue weighted by molar-refractivity contribution is 5.81. The van der Waals surface area contributed by atoms with Crippen molar-refractivity contribution in [3.05, 3.63) is 18.5 Å². The Balaban J connectivity index is 0.000000236. The molecule has 126 valence electrons. The lowest BCUT2D eigenvalue weighted by atomic mass is 10.1. The van der Waals surface area contributed by atoms with Crippen LogP contribution in [0.15, 0.2) is 18.5 Å². The van der Waals surface area contributed by atoms with Gasteiger partial charge in [-0.15, -0.1) is 0 Å². The maximum absolute atomic E-state index is 11.6. The van der Waals surface area contributed by atoms with E-state index in [4.69, 9.17) is 9.90 Å². The zero-order valence-electron chi connectivity index (χ0n) is 12.2. The van der Waals surface area contributed by atoms with Crippen LogP contribution in [0.3, 0.4) is 0 Å². The molecule has 2 fully saturated rings. The van der Waals surface area contributed by atoms with E-state index >= 15 is 0 Å². The Bertz CT molecular complexity index is 582. The second-order valence-electron chi connectivity index (χ2n) is 5.18. The number of amides is 1. The number of carboxylic acid groups (broad SMARTS) is 1. The van der Waals surface area contributed by atoms with Gasteiger partial charge >= 0.3 is 12.1 Å². The van der Waals surface area contributed by atoms with Gasteiger partial charge < -0.3 is 14.9 Å². The molecular weight excluding hydrogens is 317 g/mol. The summed E-state index contributed by atoms with van der Waals surface area (Å²) in [4.78, 5) is 33.1. The van der Waals surface area contributed by atoms with E-state index in [1.165, 1.54) is 0 Å². The molecule has 7 nitrogen and oxygen atoms in total. The number of alkyl halides is 3. The lowest BCUT2D eigenvalue weighted by molar-refractivity contribution is -0.192. The van der Waals surface area contributed by atoms with Gasteiger partial charge in [-0.3, -0.25) is 4.79 Å². The number of hydrogen-bond donors (Lipinski definition) is 1. The van der Waals surface area contributed by atoms with Gasteiger partial charge in [0.1, 0.15) is 0 Å². The minimum absolute atomic E-state index is 0.232. The Kier molecular flexibility index (Phi) is 4.71. The van der Waals surface area contributed by atoms with Crippen molar-refractivity contribution >= 4 is 17.8 Å². The molecule has 0 aromatic carbocycles. The smallest absolute Gasteiger partial charge is 0.475 e. The molecule has 23 heavy (non-hydrogen) atoms. The van der Waals surface area contributed by atoms with Crippen LogP contribution in [0.4, 0.5) is 19.1 Å². The van der Waals surface area contributed by atoms with E-state index in [-0.39, 0.29) is 11.9 Å². The fourth-order valence-electron chi connectivity index (χ4n) is 2.73. The number of carboxylic acids is 1. The minimum atomic E-state index is -5.08. The van der Waals surface area contributed by atoms with Crippen LogP contribution in [-0.4, -0.2) is 63.7 Å². The lowest BCUT2D eigenvalue weighted by Gasteiger charge is -2.23. The zero-order valence-corrected chi connectivity index (χ0v) is 12.2. The Labute approximate surface area is 129 Å². The summed E-state index contributed by atoms with van der Waals surface area (Å²) in [6.45, 7) is 0.941. The van der Waals surface area contributed by atoms with Gasteiger partial charge in [-0.1, -0.05) is 0 Å². The Morgan fingerprint density at radius 1 is 1.30 bits per heavy atom. The first kappa shape index (κ1) is 17.0. The van der Waals surface area contributed by atoms with Crippen LogP contribution in [-0.2, 0) is 9.59 Å². The van der Waals surface area contributed by atoms with Gasteiger partial charge in [0.05, 0.1) is 12.1 Å². The standard InChI is InChI=1S/C11H14N4O.C2HF3O2/c1-14-8-3-6-15(9(8)7-10(14)16)11-12-4-2-5-13-11;3-2(4,5)1(6)7/h2,4-5,8-9H,3,6-7H2,1H3;(H,6,7)/t8-,9-;/m0./s1. The topological polar surface area (TPSA) is 86.6 Å². The molecule has 10 heteroatoms. The van der Waals surface area contributed by atoms with Crippen LogP contribution in [0.5, 0.6) is 0 Å². The summed E-state index contributed by atoms with van der Waals surface area (Å²) >= 11 is 0. The maximum Gasteiger partial charge on any atom is 0.490 e. The van der Waals surface area contributed by atoms with E-state index < -0.39 is 12.1 Å². The number of nitrogens with zero attached hydrogens (tertiary/aromatic N) is 4. The Morgan fingerprint density at radius 3 is 2.39 bits per heavy atom. The van der Waals surface area contributed by atoms with Crippen LogP contribution in [0.1, 0.15) is 12.8 Å². The zero-order chi connectivity index (χ0) is 17.2. The summed E-state index contributed by atoms with van der Waals surface area (Å²) in [5.41, 5.74) is 0. The molecule has 1 aromatic heterocycles. The monoisotopic (exact) mass is 332 g/mol. The van der Waals surface area contributed by atoms with Crippen molar-refractivity contribution < 1.29 is 27.9 Å². The fourth-order valence-corrected chi connectivity index (χ4v) is 2.73. The number of likely N-dealkylation sites (tertiary alicyclic amines) is 1. The second-order valence-corrected chi connectivity index (χ2v) is 5.18. The second kappa shape index (κ2) is 6.39. The third-order valence-corrected chi connectivity index (χ3v) is 3.84. The normalized spacial score (nSPS) is 23.4. The molecule has 1 amide bonds. The highest BCUT2D eigenvalue weighted by Crippen LogP contribution is 2.32. The molecule has 2 saturated heterocycles. The molecule has 0 aliphatic carbocycles. The molecule has 1 aromatic rings. The van der Waals surface area contributed by atoms with Crippen LogP contribution in [0.25, 0.3) is 0 Å². The summed E-state index contributed by atoms with van der Waals surface area (Å²) in [6.07, 6.45) is 0.0247. The number of halogens is 3. The van der Waals surface area contributed by atoms with Crippen molar-refractivity contribution in [1.29, 1.82) is 0 Å². The number of aromatic nitrogens is 2. The quantitative estimate of drug-likeness (QED) is 0.823. The van der Waals surface area contributed by atoms with E-state index in [0.717, 1.165) is 18.9 Å². The van der Waals surface area contributed by atoms with Crippen molar-refractivity contribution in [2.45, 2.75) is 31.1 Å². The Morgan fingerprint density at radius 2 is 1.87 bits per heavy atom. The average molecular weight is 332 g/mol. The number of hydrogen-bond acceptors (Lipinski definition) is 5. The van der Waals surface area contributed by atoms with Gasteiger partial charge in [-0.05, 0) is 12.5 Å². The number of fused-ring (bicyclic) bond motifs is 1. The molecule has 3 rings (SSSR count). The molecule has 2 aliphatic heterocycles. The first-order valence-electron chi connectivity index (χ1n) is 6.81. The van der Waals surface area contributed by atoms with Crippen molar-refractivity contribution in [3.63, 3.8) is 0 Å². The molecular formula is C13H15F3N4O3. The van der Waals surface area contributed by atoms with Gasteiger partial charge in [0, 0.05) is 32.4 Å². The number of aliphatic carboxylic acids is 1. The highest BCUT2D eigenvalue weighted by atomic mass is 19.4. The van der Waals surface area contributed by atoms with Crippen LogP contribution in [0.2, 0.25) is 0 Å². The van der Waals surface area contributed by atoms with Crippen LogP contribution in [0, 0.1) is 0 Å². The summed E-state index contributed by atoms with van der Waals surface area (Å²) in [6, 6.07) is 2.42. The number of likely N-dealkylation sites (N-methyl/N-ethyl adjacent to an activating group) is 1. The van der Waals surface area contributed by atoms with E-state index in [1.807, 2.05) is 18.0 Å². The van der Waals surface area contributed by atoms with Gasteiger partial charge in [0.2, 0.25) is 11.9 Å². The molecule has 0 spiro atoms. The maximum atomic E-state index is 11.6. The van der Waals surface area contributed by atoms with E-state index in [0.29, 0.717) is 12.5 Å². The molecule has 0 bridgehead atoms. The largest absolute Gasteiger partial charge is 0.490 e. The predicted octanol–water partition coefficient (Wildman–Crippen LogP) is 0.919. The van der Waals surface area contributed by atoms with E-state index in [1.54, 1.807) is 12.4 Å². The van der Waals surface area contributed by atoms with Crippen LogP contribution < -0.4 is 4.90 Å². The summed E-state index contributed by atoms with van der Waals surface area (Å²) in [5.74, 6) is -1.78. The molecule has 1 N–H and O–H groups in total. The minimum Gasteiger partial charge on any atom is -0.475 e. The fraction of sp³-hybridized carbons (Fsp3) is 0.538. The third-order valence-electron chi connectivity index (χ3n) is 3.84. The summed E-state index contributed by atoms with van der Waals surface area (Å²) in [5, 5.41) is 7.12. The van der Waals surface area contributed by atoms with Gasteiger partial charge in [-0.2, -0.15) is 13.2 Å². The lowest BCUT2D eigenvalue weighted by Crippen LogP contribution is -2.36. The number of carbonyl (C=O) groups is 2. The van der Waals surface area contributed by atoms with Crippen molar-refractivity contribution in [2.75, 3.05) is 18.5 Å². The predicted molar refractivity (Wildman–Crippen MR) is 72.6 cm³/mol. The highest BCUT2D eigenvalue weighted by Gasteiger charge is 2.45. The number of rotatable bonds is 1. The van der Waals surface area contributed by atoms with Gasteiger partial charge in [0.25, 0.3) is 0 Å². The number of anilines is 1. The van der Waals surface area contributed by atoms with Crippen molar-refractivity contribution in [2.24, 2.45) is 0 Å². The van der Waals surface area contributed by atoms with E-state index in [9.17, 15) is 18.0 Å². The molecule has 0 unspecified atom stereocenters. The first-order valence-corrected chi connectivity index (χ1v) is 6.81. The van der Waals surface area contributed by atoms with Gasteiger partial charge in [-0.25, -0.2) is 14.8 Å². The van der Waals surface area contributed by atoms with Crippen molar-refractivity contribution in [1.82, 2.24) is 14.9 Å². The van der Waals surface area contributed by atoms with Gasteiger partial charge in [0.15, 0.2) is 0 Å². The SMILES string of the molecule is CN1C(=O)C[C@H]2[C@@H]1CCN2c1ncccn1.O=C(O)C(F)(F)F. The third kappa shape index (κ3) is 3.69. The van der Waals surface area contributed by atoms with Crippen molar-refractivity contribution in [3.8, 4) is 0 Å². The van der Waals surface area contributed by atoms with Crippen LogP contribution >= 0.6 is 0 Å². The first-order chi connectivity index (χ1) is 10.7. The molecule has 3 heterocycles. The van der Waals surface area contributed by atoms with E-state index in [2.05, 4.69) is 14.9 Å². The number of carbonyl (C=O) groups excluding carboxylic acids is 1. The average Bonchev–Trinajstić information content (AvgIpc) is 3.01. The summed E-state index contributed by atoms with van der Waals surface area (Å²) < 4.78 is 31.7. The molecule has 2 atom stereocenters. The summed E-state index contributed by atoms with van der Waals surface area (Å²) in [7, 11) is 1.89. The molecule has 2 aliphatic rings. The molecule has 0 radical (unpaired) electrons.